The van der Waals surface area contributed by atoms with Crippen LogP contribution in [0, 0.1) is 6.92 Å². The van der Waals surface area contributed by atoms with Gasteiger partial charge in [-0.3, -0.25) is 0 Å². The molecule has 1 N–H and O–H groups in total. The van der Waals surface area contributed by atoms with E-state index in [4.69, 9.17) is 0 Å². The van der Waals surface area contributed by atoms with Crippen LogP contribution in [-0.2, 0) is 0 Å². The first-order valence-corrected chi connectivity index (χ1v) is 8.30. The van der Waals surface area contributed by atoms with Gasteiger partial charge < -0.3 is 5.32 Å². The molecule has 1 aromatic carbocycles. The van der Waals surface area contributed by atoms with Crippen LogP contribution in [0.25, 0.3) is 0 Å². The van der Waals surface area contributed by atoms with Gasteiger partial charge in [0, 0.05) is 30.1 Å². The lowest BCUT2D eigenvalue weighted by Gasteiger charge is -2.37. The maximum Gasteiger partial charge on any atom is 0.0965 e. The fraction of sp³-hybridized carbons (Fsp3) is 0.471. The summed E-state index contributed by atoms with van der Waals surface area (Å²) in [5.74, 6) is 1.27. The fourth-order valence-electron chi connectivity index (χ4n) is 2.99. The molecule has 0 aliphatic heterocycles. The second-order valence-corrected chi connectivity index (χ2v) is 6.83. The van der Waals surface area contributed by atoms with Gasteiger partial charge in [-0.2, -0.15) is 0 Å². The highest BCUT2D eigenvalue weighted by molar-refractivity contribution is 7.09. The monoisotopic (exact) mass is 286 g/mol. The van der Waals surface area contributed by atoms with Gasteiger partial charge in [-0.1, -0.05) is 31.2 Å². The first kappa shape index (κ1) is 13.8. The Morgan fingerprint density at radius 1 is 1.35 bits per heavy atom. The standard InChI is InChI=1S/C17H22N2S/c1-12-5-3-4-6-16(12)14-9-15(10-14)19-11-13(2)17-18-7-8-20-17/h3-8,13-15,19H,9-11H2,1-2H3. The average molecular weight is 286 g/mol. The van der Waals surface area contributed by atoms with Crippen LogP contribution in [0.4, 0.5) is 0 Å². The minimum Gasteiger partial charge on any atom is -0.313 e. The average Bonchev–Trinajstić information content (AvgIpc) is 2.92. The minimum atomic E-state index is 0.521. The maximum atomic E-state index is 4.39. The third-order valence-corrected chi connectivity index (χ3v) is 5.36. The van der Waals surface area contributed by atoms with Crippen LogP contribution in [0.15, 0.2) is 35.8 Å². The molecule has 3 rings (SSSR count). The Morgan fingerprint density at radius 3 is 2.85 bits per heavy atom. The number of rotatable bonds is 5. The summed E-state index contributed by atoms with van der Waals surface area (Å²) in [6.45, 7) is 5.52. The van der Waals surface area contributed by atoms with Crippen LogP contribution in [0.5, 0.6) is 0 Å². The van der Waals surface area contributed by atoms with Crippen molar-refractivity contribution in [1.82, 2.24) is 10.3 Å². The van der Waals surface area contributed by atoms with Crippen molar-refractivity contribution >= 4 is 11.3 Å². The van der Waals surface area contributed by atoms with Gasteiger partial charge in [0.15, 0.2) is 0 Å². The predicted molar refractivity (Wildman–Crippen MR) is 85.5 cm³/mol. The van der Waals surface area contributed by atoms with Gasteiger partial charge in [-0.05, 0) is 36.8 Å². The lowest BCUT2D eigenvalue weighted by molar-refractivity contribution is 0.287. The van der Waals surface area contributed by atoms with E-state index in [2.05, 4.69) is 53.8 Å². The van der Waals surface area contributed by atoms with Gasteiger partial charge in [0.05, 0.1) is 5.01 Å². The first-order valence-electron chi connectivity index (χ1n) is 7.42. The lowest BCUT2D eigenvalue weighted by Crippen LogP contribution is -2.41. The fourth-order valence-corrected chi connectivity index (χ4v) is 3.69. The van der Waals surface area contributed by atoms with Gasteiger partial charge in [-0.25, -0.2) is 4.98 Å². The van der Waals surface area contributed by atoms with Crippen molar-refractivity contribution in [1.29, 1.82) is 0 Å². The number of thiazole rings is 1. The second-order valence-electron chi connectivity index (χ2n) is 5.90. The summed E-state index contributed by atoms with van der Waals surface area (Å²) in [5, 5.41) is 6.99. The largest absolute Gasteiger partial charge is 0.313 e. The minimum absolute atomic E-state index is 0.521. The van der Waals surface area contributed by atoms with Crippen molar-refractivity contribution < 1.29 is 0 Å². The van der Waals surface area contributed by atoms with E-state index in [-0.39, 0.29) is 0 Å². The SMILES string of the molecule is Cc1ccccc1C1CC(NCC(C)c2nccs2)C1. The summed E-state index contributed by atoms with van der Waals surface area (Å²) in [5.41, 5.74) is 2.98. The van der Waals surface area contributed by atoms with E-state index in [1.54, 1.807) is 16.9 Å². The third-order valence-electron chi connectivity index (χ3n) is 4.35. The van der Waals surface area contributed by atoms with Gasteiger partial charge in [0.2, 0.25) is 0 Å². The Hall–Kier alpha value is -1.19. The zero-order valence-electron chi connectivity index (χ0n) is 12.2. The number of aryl methyl sites for hydroxylation is 1. The summed E-state index contributed by atoms with van der Waals surface area (Å²) >= 11 is 1.76. The van der Waals surface area contributed by atoms with Gasteiger partial charge in [0.25, 0.3) is 0 Å². The summed E-state index contributed by atoms with van der Waals surface area (Å²) < 4.78 is 0. The van der Waals surface area contributed by atoms with E-state index < -0.39 is 0 Å². The Kier molecular flexibility index (Phi) is 4.18. The molecule has 106 valence electrons. The quantitative estimate of drug-likeness (QED) is 0.895. The first-order chi connectivity index (χ1) is 9.74. The van der Waals surface area contributed by atoms with Gasteiger partial charge in [0.1, 0.15) is 0 Å². The second kappa shape index (κ2) is 6.06. The molecule has 1 fully saturated rings. The van der Waals surface area contributed by atoms with Crippen LogP contribution in [0.2, 0.25) is 0 Å². The van der Waals surface area contributed by atoms with Crippen molar-refractivity contribution in [2.24, 2.45) is 0 Å². The molecular weight excluding hydrogens is 264 g/mol. The number of aromatic nitrogens is 1. The smallest absolute Gasteiger partial charge is 0.0965 e. The van der Waals surface area contributed by atoms with Crippen LogP contribution >= 0.6 is 11.3 Å². The van der Waals surface area contributed by atoms with Crippen molar-refractivity contribution in [3.8, 4) is 0 Å². The molecule has 2 nitrogen and oxygen atoms in total. The Morgan fingerprint density at radius 2 is 2.15 bits per heavy atom. The van der Waals surface area contributed by atoms with E-state index in [1.165, 1.54) is 23.4 Å². The molecule has 3 heteroatoms. The zero-order chi connectivity index (χ0) is 13.9. The van der Waals surface area contributed by atoms with Crippen molar-refractivity contribution in [2.75, 3.05) is 6.54 Å². The zero-order valence-corrected chi connectivity index (χ0v) is 13.0. The molecule has 1 aliphatic carbocycles. The molecule has 0 radical (unpaired) electrons. The maximum absolute atomic E-state index is 4.39. The highest BCUT2D eigenvalue weighted by Gasteiger charge is 2.30. The van der Waals surface area contributed by atoms with E-state index in [1.807, 2.05) is 6.20 Å². The van der Waals surface area contributed by atoms with E-state index >= 15 is 0 Å². The van der Waals surface area contributed by atoms with Gasteiger partial charge >= 0.3 is 0 Å². The molecule has 1 heterocycles. The molecule has 0 spiro atoms. The summed E-state index contributed by atoms with van der Waals surface area (Å²) in [7, 11) is 0. The normalized spacial score (nSPS) is 23.3. The molecule has 0 amide bonds. The molecule has 1 aromatic heterocycles. The van der Waals surface area contributed by atoms with Crippen molar-refractivity contribution in [3.63, 3.8) is 0 Å². The Labute approximate surface area is 125 Å². The van der Waals surface area contributed by atoms with Crippen LogP contribution in [-0.4, -0.2) is 17.6 Å². The molecule has 20 heavy (non-hydrogen) atoms. The van der Waals surface area contributed by atoms with Crippen LogP contribution < -0.4 is 5.32 Å². The molecule has 2 aromatic rings. The third kappa shape index (κ3) is 2.94. The van der Waals surface area contributed by atoms with Crippen LogP contribution in [0.1, 0.15) is 47.7 Å². The van der Waals surface area contributed by atoms with Gasteiger partial charge in [-0.15, -0.1) is 11.3 Å². The molecule has 1 aliphatic rings. The molecular formula is C17H22N2S. The highest BCUT2D eigenvalue weighted by atomic mass is 32.1. The number of hydrogen-bond donors (Lipinski definition) is 1. The van der Waals surface area contributed by atoms with Crippen LogP contribution in [0.3, 0.4) is 0 Å². The highest BCUT2D eigenvalue weighted by Crippen LogP contribution is 2.38. The Bertz CT molecular complexity index is 544. The summed E-state index contributed by atoms with van der Waals surface area (Å²) in [4.78, 5) is 4.39. The van der Waals surface area contributed by atoms with Crippen molar-refractivity contribution in [3.05, 3.63) is 52.0 Å². The number of nitrogens with zero attached hydrogens (tertiary/aromatic N) is 1. The molecule has 1 atom stereocenters. The van der Waals surface area contributed by atoms with E-state index in [0.717, 1.165) is 12.5 Å². The number of benzene rings is 1. The van der Waals surface area contributed by atoms with Crippen molar-refractivity contribution in [2.45, 2.75) is 44.6 Å². The summed E-state index contributed by atoms with van der Waals surface area (Å²) in [6.07, 6.45) is 4.44. The topological polar surface area (TPSA) is 24.9 Å². The Balaban J connectivity index is 1.46. The predicted octanol–water partition coefficient (Wildman–Crippen LogP) is 4.09. The molecule has 0 bridgehead atoms. The number of hydrogen-bond acceptors (Lipinski definition) is 3. The summed E-state index contributed by atoms with van der Waals surface area (Å²) in [6, 6.07) is 9.48. The van der Waals surface area contributed by atoms with E-state index in [0.29, 0.717) is 12.0 Å². The molecule has 1 saturated carbocycles. The van der Waals surface area contributed by atoms with E-state index in [9.17, 15) is 0 Å². The molecule has 1 unspecified atom stereocenters. The number of nitrogens with one attached hydrogen (secondary N) is 1. The lowest BCUT2D eigenvalue weighted by atomic mass is 9.74. The molecule has 0 saturated heterocycles.